The van der Waals surface area contributed by atoms with Gasteiger partial charge in [-0.2, -0.15) is 0 Å². The molecule has 0 bridgehead atoms. The van der Waals surface area contributed by atoms with E-state index in [1.54, 1.807) is 0 Å². The van der Waals surface area contributed by atoms with Crippen molar-refractivity contribution in [3.8, 4) is 0 Å². The van der Waals surface area contributed by atoms with Crippen molar-refractivity contribution in [1.29, 1.82) is 0 Å². The standard InChI is InChI=1S/C22H32N4O3/c1-15(27)24-20(17-5-2-3-6-17)22(29)25-19-10-8-16(9-11-19)13-26-12-4-7-18(14-26)21(23)28/h8-11,17-18,20H,2-7,12-14H2,1H3,(H2,23,28)(H,24,27)(H,25,29). The highest BCUT2D eigenvalue weighted by Crippen LogP contribution is 2.28. The highest BCUT2D eigenvalue weighted by atomic mass is 16.2. The molecule has 1 aliphatic heterocycles. The second-order valence-electron chi connectivity index (χ2n) is 8.39. The topological polar surface area (TPSA) is 105 Å². The molecule has 2 fully saturated rings. The molecule has 0 spiro atoms. The van der Waals surface area contributed by atoms with Crippen molar-refractivity contribution in [3.63, 3.8) is 0 Å². The number of carbonyl (C=O) groups is 3. The molecule has 3 amide bonds. The third-order valence-corrected chi connectivity index (χ3v) is 6.05. The molecule has 3 rings (SSSR count). The van der Waals surface area contributed by atoms with Crippen LogP contribution in [0.1, 0.15) is 51.0 Å². The molecule has 2 aliphatic rings. The monoisotopic (exact) mass is 400 g/mol. The van der Waals surface area contributed by atoms with Crippen LogP contribution in [0.2, 0.25) is 0 Å². The average molecular weight is 401 g/mol. The Labute approximate surface area is 172 Å². The fourth-order valence-corrected chi connectivity index (χ4v) is 4.51. The van der Waals surface area contributed by atoms with E-state index in [-0.39, 0.29) is 29.6 Å². The fraction of sp³-hybridized carbons (Fsp3) is 0.591. The average Bonchev–Trinajstić information content (AvgIpc) is 3.22. The van der Waals surface area contributed by atoms with E-state index in [0.717, 1.165) is 62.9 Å². The first-order valence-electron chi connectivity index (χ1n) is 10.6. The summed E-state index contributed by atoms with van der Waals surface area (Å²) in [7, 11) is 0. The van der Waals surface area contributed by atoms with E-state index in [4.69, 9.17) is 5.73 Å². The van der Waals surface area contributed by atoms with Crippen LogP contribution < -0.4 is 16.4 Å². The molecule has 2 unspecified atom stereocenters. The molecule has 1 aromatic carbocycles. The first-order chi connectivity index (χ1) is 13.9. The minimum absolute atomic E-state index is 0.0661. The highest BCUT2D eigenvalue weighted by Gasteiger charge is 2.31. The molecule has 7 heteroatoms. The lowest BCUT2D eigenvalue weighted by atomic mass is 9.97. The van der Waals surface area contributed by atoms with E-state index in [2.05, 4.69) is 15.5 Å². The number of likely N-dealkylation sites (tertiary alicyclic amines) is 1. The highest BCUT2D eigenvalue weighted by molar-refractivity contribution is 5.97. The van der Waals surface area contributed by atoms with Gasteiger partial charge in [0.25, 0.3) is 0 Å². The van der Waals surface area contributed by atoms with Gasteiger partial charge in [-0.25, -0.2) is 0 Å². The smallest absolute Gasteiger partial charge is 0.247 e. The molecule has 2 atom stereocenters. The van der Waals surface area contributed by atoms with Gasteiger partial charge in [-0.05, 0) is 55.8 Å². The van der Waals surface area contributed by atoms with Crippen molar-refractivity contribution in [2.45, 2.75) is 58.0 Å². The third-order valence-electron chi connectivity index (χ3n) is 6.05. The first kappa shape index (κ1) is 21.3. The Kier molecular flexibility index (Phi) is 7.25. The number of piperidine rings is 1. The summed E-state index contributed by atoms with van der Waals surface area (Å²) in [6.07, 6.45) is 6.01. The summed E-state index contributed by atoms with van der Waals surface area (Å²) >= 11 is 0. The summed E-state index contributed by atoms with van der Waals surface area (Å²) in [4.78, 5) is 38.0. The Hall–Kier alpha value is -2.41. The molecule has 0 aromatic heterocycles. The van der Waals surface area contributed by atoms with Crippen LogP contribution in [0.25, 0.3) is 0 Å². The van der Waals surface area contributed by atoms with Crippen LogP contribution in [0.4, 0.5) is 5.69 Å². The van der Waals surface area contributed by atoms with Crippen molar-refractivity contribution >= 4 is 23.4 Å². The molecule has 7 nitrogen and oxygen atoms in total. The van der Waals surface area contributed by atoms with Gasteiger partial charge in [0.05, 0.1) is 5.92 Å². The number of anilines is 1. The van der Waals surface area contributed by atoms with Gasteiger partial charge < -0.3 is 16.4 Å². The van der Waals surface area contributed by atoms with E-state index >= 15 is 0 Å². The van der Waals surface area contributed by atoms with Gasteiger partial charge >= 0.3 is 0 Å². The Morgan fingerprint density at radius 3 is 2.41 bits per heavy atom. The molecule has 29 heavy (non-hydrogen) atoms. The maximum Gasteiger partial charge on any atom is 0.247 e. The summed E-state index contributed by atoms with van der Waals surface area (Å²) in [6.45, 7) is 3.87. The predicted octanol–water partition coefficient (Wildman–Crippen LogP) is 2.02. The van der Waals surface area contributed by atoms with Crippen LogP contribution in [0.5, 0.6) is 0 Å². The number of nitrogens with zero attached hydrogens (tertiary/aromatic N) is 1. The molecule has 1 saturated carbocycles. The molecule has 0 radical (unpaired) electrons. The zero-order chi connectivity index (χ0) is 20.8. The number of primary amides is 1. The van der Waals surface area contributed by atoms with Crippen LogP contribution in [0.3, 0.4) is 0 Å². The minimum Gasteiger partial charge on any atom is -0.369 e. The van der Waals surface area contributed by atoms with Gasteiger partial charge in [0, 0.05) is 25.7 Å². The van der Waals surface area contributed by atoms with Gasteiger partial charge in [0.2, 0.25) is 17.7 Å². The normalized spacial score (nSPS) is 21.5. The second-order valence-corrected chi connectivity index (χ2v) is 8.39. The fourth-order valence-electron chi connectivity index (χ4n) is 4.51. The SMILES string of the molecule is CC(=O)NC(C(=O)Nc1ccc(CN2CCCC(C(N)=O)C2)cc1)C1CCCC1. The van der Waals surface area contributed by atoms with Crippen LogP contribution in [0, 0.1) is 11.8 Å². The Balaban J connectivity index is 1.57. The van der Waals surface area contributed by atoms with E-state index in [1.807, 2.05) is 24.3 Å². The van der Waals surface area contributed by atoms with Crippen molar-refractivity contribution in [1.82, 2.24) is 10.2 Å². The summed E-state index contributed by atoms with van der Waals surface area (Å²) in [5.41, 5.74) is 7.31. The van der Waals surface area contributed by atoms with Crippen molar-refractivity contribution in [2.24, 2.45) is 17.6 Å². The summed E-state index contributed by atoms with van der Waals surface area (Å²) < 4.78 is 0. The molecular weight excluding hydrogens is 368 g/mol. The largest absolute Gasteiger partial charge is 0.369 e. The Morgan fingerprint density at radius 1 is 1.10 bits per heavy atom. The van der Waals surface area contributed by atoms with Gasteiger partial charge in [-0.3, -0.25) is 19.3 Å². The Morgan fingerprint density at radius 2 is 1.79 bits per heavy atom. The molecular formula is C22H32N4O3. The molecule has 158 valence electrons. The number of rotatable bonds is 7. The first-order valence-corrected chi connectivity index (χ1v) is 10.6. The molecule has 1 aromatic rings. The van der Waals surface area contributed by atoms with E-state index in [9.17, 15) is 14.4 Å². The lowest BCUT2D eigenvalue weighted by molar-refractivity contribution is -0.126. The van der Waals surface area contributed by atoms with Crippen molar-refractivity contribution in [2.75, 3.05) is 18.4 Å². The number of benzene rings is 1. The van der Waals surface area contributed by atoms with Crippen molar-refractivity contribution in [3.05, 3.63) is 29.8 Å². The molecule has 1 aliphatic carbocycles. The summed E-state index contributed by atoms with van der Waals surface area (Å²) in [5.74, 6) is -0.411. The number of carbonyl (C=O) groups excluding carboxylic acids is 3. The number of amides is 3. The van der Waals surface area contributed by atoms with Crippen LogP contribution in [-0.2, 0) is 20.9 Å². The summed E-state index contributed by atoms with van der Waals surface area (Å²) in [5, 5.41) is 5.77. The van der Waals surface area contributed by atoms with Gasteiger partial charge in [0.1, 0.15) is 6.04 Å². The lowest BCUT2D eigenvalue weighted by Crippen LogP contribution is -2.47. The molecule has 1 saturated heterocycles. The zero-order valence-corrected chi connectivity index (χ0v) is 17.2. The number of hydrogen-bond donors (Lipinski definition) is 3. The number of nitrogens with two attached hydrogens (primary N) is 1. The maximum absolute atomic E-state index is 12.8. The van der Waals surface area contributed by atoms with E-state index in [0.29, 0.717) is 6.54 Å². The van der Waals surface area contributed by atoms with Crippen LogP contribution >= 0.6 is 0 Å². The van der Waals surface area contributed by atoms with Crippen LogP contribution in [0.15, 0.2) is 24.3 Å². The number of hydrogen-bond acceptors (Lipinski definition) is 4. The van der Waals surface area contributed by atoms with E-state index < -0.39 is 6.04 Å². The van der Waals surface area contributed by atoms with E-state index in [1.165, 1.54) is 6.92 Å². The van der Waals surface area contributed by atoms with Gasteiger partial charge in [0.15, 0.2) is 0 Å². The quantitative estimate of drug-likeness (QED) is 0.651. The number of nitrogens with one attached hydrogen (secondary N) is 2. The van der Waals surface area contributed by atoms with Crippen molar-refractivity contribution < 1.29 is 14.4 Å². The zero-order valence-electron chi connectivity index (χ0n) is 17.2. The maximum atomic E-state index is 12.8. The molecule has 4 N–H and O–H groups in total. The minimum atomic E-state index is -0.478. The van der Waals surface area contributed by atoms with Gasteiger partial charge in [-0.15, -0.1) is 0 Å². The van der Waals surface area contributed by atoms with Gasteiger partial charge in [-0.1, -0.05) is 25.0 Å². The van der Waals surface area contributed by atoms with Crippen LogP contribution in [-0.4, -0.2) is 41.8 Å². The Bertz CT molecular complexity index is 728. The third kappa shape index (κ3) is 6.03. The molecule has 1 heterocycles. The lowest BCUT2D eigenvalue weighted by Gasteiger charge is -2.31. The second kappa shape index (κ2) is 9.87. The summed E-state index contributed by atoms with van der Waals surface area (Å²) in [6, 6.07) is 7.29. The predicted molar refractivity (Wildman–Crippen MR) is 112 cm³/mol.